The van der Waals surface area contributed by atoms with E-state index in [0.29, 0.717) is 18.6 Å². The second-order valence-electron chi connectivity index (χ2n) is 4.72. The van der Waals surface area contributed by atoms with Crippen molar-refractivity contribution in [3.8, 4) is 0 Å². The Morgan fingerprint density at radius 1 is 1.42 bits per heavy atom. The molecule has 6 heteroatoms. The predicted molar refractivity (Wildman–Crippen MR) is 71.1 cm³/mol. The van der Waals surface area contributed by atoms with Gasteiger partial charge in [0.05, 0.1) is 23.6 Å². The van der Waals surface area contributed by atoms with E-state index in [-0.39, 0.29) is 23.6 Å². The molecule has 0 spiro atoms. The molecule has 1 N–H and O–H groups in total. The van der Waals surface area contributed by atoms with Crippen LogP contribution in [0.5, 0.6) is 0 Å². The summed E-state index contributed by atoms with van der Waals surface area (Å²) in [6.07, 6.45) is 0.583. The van der Waals surface area contributed by atoms with Crippen LogP contribution in [0.2, 0.25) is 0 Å². The minimum atomic E-state index is -3.60. The maximum atomic E-state index is 12.6. The Morgan fingerprint density at radius 3 is 2.68 bits per heavy atom. The molecule has 2 rings (SSSR count). The molecule has 2 unspecified atom stereocenters. The van der Waals surface area contributed by atoms with E-state index in [2.05, 4.69) is 0 Å². The first-order chi connectivity index (χ1) is 8.98. The fourth-order valence-corrected chi connectivity index (χ4v) is 4.08. The summed E-state index contributed by atoms with van der Waals surface area (Å²) in [4.78, 5) is 0.166. The smallest absolute Gasteiger partial charge is 0.243 e. The van der Waals surface area contributed by atoms with Gasteiger partial charge in [0, 0.05) is 13.7 Å². The summed E-state index contributed by atoms with van der Waals surface area (Å²) >= 11 is 0. The quantitative estimate of drug-likeness (QED) is 0.895. The van der Waals surface area contributed by atoms with Crippen LogP contribution in [0.1, 0.15) is 18.9 Å². The molecule has 5 nitrogen and oxygen atoms in total. The topological polar surface area (TPSA) is 66.8 Å². The minimum absolute atomic E-state index is 0.110. The molecule has 19 heavy (non-hydrogen) atoms. The monoisotopic (exact) mass is 285 g/mol. The van der Waals surface area contributed by atoms with Gasteiger partial charge >= 0.3 is 0 Å². The molecule has 0 amide bonds. The van der Waals surface area contributed by atoms with Crippen molar-refractivity contribution >= 4 is 10.0 Å². The summed E-state index contributed by atoms with van der Waals surface area (Å²) < 4.78 is 32.0. The molecule has 0 bridgehead atoms. The van der Waals surface area contributed by atoms with Crippen LogP contribution in [0, 0.1) is 0 Å². The fourth-order valence-electron chi connectivity index (χ4n) is 2.42. The van der Waals surface area contributed by atoms with Gasteiger partial charge in [0.2, 0.25) is 10.0 Å². The van der Waals surface area contributed by atoms with Crippen LogP contribution in [0.15, 0.2) is 29.2 Å². The average Bonchev–Trinajstić information content (AvgIpc) is 2.83. The highest BCUT2D eigenvalue weighted by atomic mass is 32.2. The fraction of sp³-hybridized carbons (Fsp3) is 0.538. The number of ether oxygens (including phenoxy) is 1. The standard InChI is InChI=1S/C13H19NO4S/c1-10-12(7-8-18-10)14(2)19(16,17)13-6-4-3-5-11(13)9-15/h3-6,10,12,15H,7-9H2,1-2H3. The van der Waals surface area contributed by atoms with Gasteiger partial charge in [-0.05, 0) is 25.0 Å². The lowest BCUT2D eigenvalue weighted by Crippen LogP contribution is -2.41. The van der Waals surface area contributed by atoms with Gasteiger partial charge in [-0.2, -0.15) is 4.31 Å². The zero-order valence-electron chi connectivity index (χ0n) is 11.1. The van der Waals surface area contributed by atoms with Gasteiger partial charge in [0.15, 0.2) is 0 Å². The van der Waals surface area contributed by atoms with Crippen molar-refractivity contribution < 1.29 is 18.3 Å². The van der Waals surface area contributed by atoms with Crippen LogP contribution >= 0.6 is 0 Å². The zero-order chi connectivity index (χ0) is 14.0. The van der Waals surface area contributed by atoms with E-state index in [9.17, 15) is 13.5 Å². The molecule has 0 saturated carbocycles. The van der Waals surface area contributed by atoms with Gasteiger partial charge in [0.25, 0.3) is 0 Å². The van der Waals surface area contributed by atoms with Gasteiger partial charge in [-0.3, -0.25) is 0 Å². The molecular weight excluding hydrogens is 266 g/mol. The van der Waals surface area contributed by atoms with Gasteiger partial charge < -0.3 is 9.84 Å². The van der Waals surface area contributed by atoms with Gasteiger partial charge in [-0.1, -0.05) is 18.2 Å². The Morgan fingerprint density at radius 2 is 2.11 bits per heavy atom. The number of nitrogens with zero attached hydrogens (tertiary/aromatic N) is 1. The number of rotatable bonds is 4. The summed E-state index contributed by atoms with van der Waals surface area (Å²) in [5.41, 5.74) is 0.418. The highest BCUT2D eigenvalue weighted by molar-refractivity contribution is 7.89. The van der Waals surface area contributed by atoms with Crippen molar-refractivity contribution in [3.05, 3.63) is 29.8 Å². The lowest BCUT2D eigenvalue weighted by atomic mass is 10.2. The van der Waals surface area contributed by atoms with Crippen LogP contribution in [-0.4, -0.2) is 43.6 Å². The number of likely N-dealkylation sites (N-methyl/N-ethyl adjacent to an activating group) is 1. The number of aliphatic hydroxyl groups is 1. The Kier molecular flexibility index (Phi) is 4.25. The number of aliphatic hydroxyl groups excluding tert-OH is 1. The third-order valence-electron chi connectivity index (χ3n) is 3.60. The van der Waals surface area contributed by atoms with E-state index < -0.39 is 10.0 Å². The molecule has 1 aliphatic rings. The van der Waals surface area contributed by atoms with E-state index in [1.165, 1.54) is 10.4 Å². The SMILES string of the molecule is CC1OCCC1N(C)S(=O)(=O)c1ccccc1CO. The molecule has 1 aliphatic heterocycles. The maximum absolute atomic E-state index is 12.6. The Bertz CT molecular complexity index is 543. The number of hydrogen-bond acceptors (Lipinski definition) is 4. The Labute approximate surface area is 113 Å². The number of sulfonamides is 1. The van der Waals surface area contributed by atoms with Crippen molar-refractivity contribution in [1.29, 1.82) is 0 Å². The van der Waals surface area contributed by atoms with E-state index in [4.69, 9.17) is 4.74 Å². The van der Waals surface area contributed by atoms with Crippen LogP contribution < -0.4 is 0 Å². The maximum Gasteiger partial charge on any atom is 0.243 e. The molecule has 0 aliphatic carbocycles. The molecule has 1 aromatic carbocycles. The molecule has 106 valence electrons. The Hall–Kier alpha value is -0.950. The third-order valence-corrected chi connectivity index (χ3v) is 5.59. The van der Waals surface area contributed by atoms with Crippen molar-refractivity contribution in [2.75, 3.05) is 13.7 Å². The summed E-state index contributed by atoms with van der Waals surface area (Å²) in [6, 6.07) is 6.37. The van der Waals surface area contributed by atoms with Gasteiger partial charge in [-0.25, -0.2) is 8.42 Å². The average molecular weight is 285 g/mol. The second kappa shape index (κ2) is 5.58. The molecule has 1 fully saturated rings. The molecule has 0 aromatic heterocycles. The molecular formula is C13H19NO4S. The summed E-state index contributed by atoms with van der Waals surface area (Å²) in [7, 11) is -2.04. The lowest BCUT2D eigenvalue weighted by Gasteiger charge is -2.26. The number of hydrogen-bond donors (Lipinski definition) is 1. The molecule has 1 saturated heterocycles. The van der Waals surface area contributed by atoms with Crippen LogP contribution in [0.4, 0.5) is 0 Å². The number of benzene rings is 1. The van der Waals surface area contributed by atoms with Crippen molar-refractivity contribution in [2.45, 2.75) is 37.0 Å². The van der Waals surface area contributed by atoms with Crippen LogP contribution in [0.25, 0.3) is 0 Å². The largest absolute Gasteiger partial charge is 0.392 e. The normalized spacial score (nSPS) is 24.0. The first-order valence-electron chi connectivity index (χ1n) is 6.27. The highest BCUT2D eigenvalue weighted by Gasteiger charge is 2.35. The summed E-state index contributed by atoms with van der Waals surface area (Å²) in [5, 5.41) is 9.27. The van der Waals surface area contributed by atoms with Crippen molar-refractivity contribution in [2.24, 2.45) is 0 Å². The van der Waals surface area contributed by atoms with Crippen LogP contribution in [0.3, 0.4) is 0 Å². The van der Waals surface area contributed by atoms with E-state index in [1.807, 2.05) is 6.92 Å². The summed E-state index contributed by atoms with van der Waals surface area (Å²) in [6.45, 7) is 2.16. The van der Waals surface area contributed by atoms with E-state index in [0.717, 1.165) is 0 Å². The summed E-state index contributed by atoms with van der Waals surface area (Å²) in [5.74, 6) is 0. The molecule has 1 aromatic rings. The lowest BCUT2D eigenvalue weighted by molar-refractivity contribution is 0.102. The minimum Gasteiger partial charge on any atom is -0.392 e. The Balaban J connectivity index is 2.36. The van der Waals surface area contributed by atoms with Crippen molar-refractivity contribution in [1.82, 2.24) is 4.31 Å². The van der Waals surface area contributed by atoms with E-state index in [1.54, 1.807) is 25.2 Å². The first kappa shape index (κ1) is 14.5. The van der Waals surface area contributed by atoms with E-state index >= 15 is 0 Å². The molecule has 1 heterocycles. The van der Waals surface area contributed by atoms with Crippen LogP contribution in [-0.2, 0) is 21.4 Å². The first-order valence-corrected chi connectivity index (χ1v) is 7.71. The molecule has 0 radical (unpaired) electrons. The zero-order valence-corrected chi connectivity index (χ0v) is 11.9. The molecule has 2 atom stereocenters. The predicted octanol–water partition coefficient (Wildman–Crippen LogP) is 0.977. The third kappa shape index (κ3) is 2.67. The highest BCUT2D eigenvalue weighted by Crippen LogP contribution is 2.26. The van der Waals surface area contributed by atoms with Gasteiger partial charge in [0.1, 0.15) is 0 Å². The second-order valence-corrected chi connectivity index (χ2v) is 6.68. The van der Waals surface area contributed by atoms with Gasteiger partial charge in [-0.15, -0.1) is 0 Å². The van der Waals surface area contributed by atoms with Crippen molar-refractivity contribution in [3.63, 3.8) is 0 Å².